The van der Waals surface area contributed by atoms with Crippen molar-refractivity contribution >= 4 is 28.2 Å². The molecule has 1 aliphatic heterocycles. The Balaban J connectivity index is 1.82. The molecule has 3 aromatic carbocycles. The number of benzene rings is 3. The quantitative estimate of drug-likeness (QED) is 0.761. The molecular formula is C20H19NO2S. The summed E-state index contributed by atoms with van der Waals surface area (Å²) in [5.41, 5.74) is 1.09. The predicted octanol–water partition coefficient (Wildman–Crippen LogP) is 4.53. The van der Waals surface area contributed by atoms with Crippen LogP contribution in [0.3, 0.4) is 0 Å². The van der Waals surface area contributed by atoms with Crippen LogP contribution in [0.1, 0.15) is 0 Å². The van der Waals surface area contributed by atoms with Crippen LogP contribution in [0.2, 0.25) is 0 Å². The van der Waals surface area contributed by atoms with Gasteiger partial charge in [-0.3, -0.25) is 0 Å². The highest BCUT2D eigenvalue weighted by Crippen LogP contribution is 2.43. The minimum Gasteiger partial charge on any atom is -0.507 e. The molecule has 3 aromatic rings. The second-order valence-electron chi connectivity index (χ2n) is 5.80. The second kappa shape index (κ2) is 6.75. The molecule has 0 aromatic heterocycles. The summed E-state index contributed by atoms with van der Waals surface area (Å²) in [5, 5.41) is 13.0. The van der Waals surface area contributed by atoms with Gasteiger partial charge >= 0.3 is 0 Å². The first-order chi connectivity index (χ1) is 11.8. The molecule has 1 saturated heterocycles. The van der Waals surface area contributed by atoms with Crippen LogP contribution in [-0.2, 0) is 4.74 Å². The SMILES string of the molecule is Oc1cc(N2CCOCC2)c2ccccc2c1Sc1ccccc1. The Hall–Kier alpha value is -2.17. The van der Waals surface area contributed by atoms with Crippen molar-refractivity contribution in [2.75, 3.05) is 31.2 Å². The Morgan fingerprint density at radius 1 is 0.875 bits per heavy atom. The molecule has 0 unspecified atom stereocenters. The first-order valence-electron chi connectivity index (χ1n) is 8.13. The average molecular weight is 337 g/mol. The van der Waals surface area contributed by atoms with E-state index in [1.807, 2.05) is 30.3 Å². The van der Waals surface area contributed by atoms with Gasteiger partial charge in [0, 0.05) is 40.5 Å². The fraction of sp³-hybridized carbons (Fsp3) is 0.200. The van der Waals surface area contributed by atoms with E-state index in [-0.39, 0.29) is 0 Å². The molecule has 0 saturated carbocycles. The summed E-state index contributed by atoms with van der Waals surface area (Å²) in [6, 6.07) is 20.4. The fourth-order valence-electron chi connectivity index (χ4n) is 3.09. The number of nitrogens with zero attached hydrogens (tertiary/aromatic N) is 1. The van der Waals surface area contributed by atoms with E-state index in [9.17, 15) is 5.11 Å². The van der Waals surface area contributed by atoms with Crippen molar-refractivity contribution in [3.63, 3.8) is 0 Å². The van der Waals surface area contributed by atoms with Gasteiger partial charge in [0.1, 0.15) is 5.75 Å². The highest BCUT2D eigenvalue weighted by atomic mass is 32.2. The monoisotopic (exact) mass is 337 g/mol. The number of hydrogen-bond donors (Lipinski definition) is 1. The normalized spacial score (nSPS) is 14.9. The Labute approximate surface area is 145 Å². The van der Waals surface area contributed by atoms with Crippen LogP contribution in [0.15, 0.2) is 70.5 Å². The van der Waals surface area contributed by atoms with E-state index in [1.165, 1.54) is 5.39 Å². The summed E-state index contributed by atoms with van der Waals surface area (Å²) < 4.78 is 5.46. The van der Waals surface area contributed by atoms with Gasteiger partial charge in [-0.15, -0.1) is 0 Å². The van der Waals surface area contributed by atoms with Crippen LogP contribution in [0.5, 0.6) is 5.75 Å². The number of phenolic OH excluding ortho intramolecular Hbond substituents is 1. The third kappa shape index (κ3) is 2.95. The number of anilines is 1. The van der Waals surface area contributed by atoms with Crippen LogP contribution < -0.4 is 4.90 Å². The zero-order valence-electron chi connectivity index (χ0n) is 13.3. The number of aromatic hydroxyl groups is 1. The van der Waals surface area contributed by atoms with Gasteiger partial charge in [-0.05, 0) is 12.1 Å². The van der Waals surface area contributed by atoms with Gasteiger partial charge in [0.15, 0.2) is 0 Å². The van der Waals surface area contributed by atoms with Crippen molar-refractivity contribution in [1.82, 2.24) is 0 Å². The van der Waals surface area contributed by atoms with Gasteiger partial charge in [-0.25, -0.2) is 0 Å². The molecule has 0 spiro atoms. The maximum Gasteiger partial charge on any atom is 0.132 e. The topological polar surface area (TPSA) is 32.7 Å². The third-order valence-corrected chi connectivity index (χ3v) is 5.41. The molecule has 1 fully saturated rings. The van der Waals surface area contributed by atoms with Crippen LogP contribution >= 0.6 is 11.8 Å². The molecule has 0 atom stereocenters. The standard InChI is InChI=1S/C20H19NO2S/c22-19-14-18(21-10-12-23-13-11-21)16-8-4-5-9-17(16)20(19)24-15-6-2-1-3-7-15/h1-9,14,22H,10-13H2. The van der Waals surface area contributed by atoms with E-state index in [4.69, 9.17) is 4.74 Å². The number of ether oxygens (including phenoxy) is 1. The number of phenols is 1. The predicted molar refractivity (Wildman–Crippen MR) is 99.2 cm³/mol. The lowest BCUT2D eigenvalue weighted by atomic mass is 10.1. The molecular weight excluding hydrogens is 318 g/mol. The molecule has 4 heteroatoms. The molecule has 122 valence electrons. The van der Waals surface area contributed by atoms with E-state index in [1.54, 1.807) is 11.8 Å². The van der Waals surface area contributed by atoms with E-state index < -0.39 is 0 Å². The van der Waals surface area contributed by atoms with Crippen LogP contribution in [0, 0.1) is 0 Å². The number of fused-ring (bicyclic) bond motifs is 1. The van der Waals surface area contributed by atoms with Gasteiger partial charge in [-0.2, -0.15) is 0 Å². The van der Waals surface area contributed by atoms with Crippen molar-refractivity contribution in [1.29, 1.82) is 0 Å². The molecule has 1 N–H and O–H groups in total. The lowest BCUT2D eigenvalue weighted by molar-refractivity contribution is 0.123. The number of morpholine rings is 1. The van der Waals surface area contributed by atoms with Gasteiger partial charge in [-0.1, -0.05) is 54.2 Å². The maximum absolute atomic E-state index is 10.7. The Kier molecular flexibility index (Phi) is 4.32. The highest BCUT2D eigenvalue weighted by Gasteiger charge is 2.18. The average Bonchev–Trinajstić information content (AvgIpc) is 2.65. The van der Waals surface area contributed by atoms with Gasteiger partial charge in [0.05, 0.1) is 18.1 Å². The Morgan fingerprint density at radius 3 is 2.29 bits per heavy atom. The summed E-state index contributed by atoms with van der Waals surface area (Å²) in [6.45, 7) is 3.18. The smallest absolute Gasteiger partial charge is 0.132 e. The summed E-state index contributed by atoms with van der Waals surface area (Å²) in [6.07, 6.45) is 0. The zero-order valence-corrected chi connectivity index (χ0v) is 14.1. The van der Waals surface area contributed by atoms with Crippen LogP contribution in [0.4, 0.5) is 5.69 Å². The molecule has 3 nitrogen and oxygen atoms in total. The molecule has 24 heavy (non-hydrogen) atoms. The van der Waals surface area contributed by atoms with Crippen molar-refractivity contribution < 1.29 is 9.84 Å². The minimum absolute atomic E-state index is 0.337. The Bertz CT molecular complexity index is 845. The number of rotatable bonds is 3. The zero-order chi connectivity index (χ0) is 16.4. The minimum atomic E-state index is 0.337. The Morgan fingerprint density at radius 2 is 1.54 bits per heavy atom. The highest BCUT2D eigenvalue weighted by molar-refractivity contribution is 7.99. The molecule has 1 heterocycles. The van der Waals surface area contributed by atoms with Crippen molar-refractivity contribution in [2.24, 2.45) is 0 Å². The van der Waals surface area contributed by atoms with Crippen molar-refractivity contribution in [3.8, 4) is 5.75 Å². The second-order valence-corrected chi connectivity index (χ2v) is 6.89. The molecule has 4 rings (SSSR count). The lowest BCUT2D eigenvalue weighted by Crippen LogP contribution is -2.36. The summed E-state index contributed by atoms with van der Waals surface area (Å²) in [7, 11) is 0. The first-order valence-corrected chi connectivity index (χ1v) is 8.95. The molecule has 0 bridgehead atoms. The van der Waals surface area contributed by atoms with Gasteiger partial charge in [0.2, 0.25) is 0 Å². The number of hydrogen-bond acceptors (Lipinski definition) is 4. The van der Waals surface area contributed by atoms with Crippen LogP contribution in [-0.4, -0.2) is 31.4 Å². The molecule has 0 amide bonds. The maximum atomic E-state index is 10.7. The molecule has 0 aliphatic carbocycles. The van der Waals surface area contributed by atoms with Gasteiger partial charge < -0.3 is 14.7 Å². The van der Waals surface area contributed by atoms with E-state index in [0.29, 0.717) is 5.75 Å². The van der Waals surface area contributed by atoms with E-state index in [0.717, 1.165) is 47.2 Å². The largest absolute Gasteiger partial charge is 0.507 e. The van der Waals surface area contributed by atoms with Crippen LogP contribution in [0.25, 0.3) is 10.8 Å². The summed E-state index contributed by atoms with van der Waals surface area (Å²) in [4.78, 5) is 4.33. The summed E-state index contributed by atoms with van der Waals surface area (Å²) in [5.74, 6) is 0.337. The van der Waals surface area contributed by atoms with Crippen molar-refractivity contribution in [3.05, 3.63) is 60.7 Å². The van der Waals surface area contributed by atoms with Crippen molar-refractivity contribution in [2.45, 2.75) is 9.79 Å². The lowest BCUT2D eigenvalue weighted by Gasteiger charge is -2.30. The molecule has 0 radical (unpaired) electrons. The first kappa shape index (κ1) is 15.4. The van der Waals surface area contributed by atoms with E-state index >= 15 is 0 Å². The fourth-order valence-corrected chi connectivity index (χ4v) is 4.08. The van der Waals surface area contributed by atoms with Gasteiger partial charge in [0.25, 0.3) is 0 Å². The summed E-state index contributed by atoms with van der Waals surface area (Å²) >= 11 is 1.61. The third-order valence-electron chi connectivity index (χ3n) is 4.27. The molecule has 1 aliphatic rings. The van der Waals surface area contributed by atoms with E-state index in [2.05, 4.69) is 35.2 Å².